The van der Waals surface area contributed by atoms with Gasteiger partial charge in [0.25, 0.3) is 0 Å². The summed E-state index contributed by atoms with van der Waals surface area (Å²) in [6.07, 6.45) is 11.9. The second-order valence-corrected chi connectivity index (χ2v) is 23.6. The van der Waals surface area contributed by atoms with Crippen molar-refractivity contribution in [1.82, 2.24) is 5.32 Å². The Hall–Kier alpha value is -1.83. The highest BCUT2D eigenvalue weighted by Crippen LogP contribution is 2.70. The third-order valence-corrected chi connectivity index (χ3v) is 21.1. The van der Waals surface area contributed by atoms with Gasteiger partial charge in [-0.05, 0) is 195 Å². The Morgan fingerprint density at radius 2 is 0.968 bits per heavy atom. The molecule has 9 N–H and O–H groups in total. The highest BCUT2D eigenvalue weighted by atomic mass is 16.4. The highest BCUT2D eigenvalue weighted by molar-refractivity contribution is 5.81. The molecule has 0 aliphatic heterocycles. The number of carbonyl (C=O) groups is 3. The Labute approximate surface area is 370 Å². The summed E-state index contributed by atoms with van der Waals surface area (Å²) in [6.45, 7) is 13.1. The molecule has 0 aromatic carbocycles. The molecular formula is C50H83NO11. The van der Waals surface area contributed by atoms with Crippen molar-refractivity contribution in [2.75, 3.05) is 6.54 Å². The molecule has 8 rings (SSSR count). The van der Waals surface area contributed by atoms with E-state index in [1.54, 1.807) is 0 Å². The first-order valence-corrected chi connectivity index (χ1v) is 24.9. The maximum absolute atomic E-state index is 12.0. The topological polar surface area (TPSA) is 225 Å². The van der Waals surface area contributed by atoms with Crippen molar-refractivity contribution in [2.24, 2.45) is 92.7 Å². The standard InChI is InChI=1S/C26H43NO6.C24H40O5/c1-14(4-7-22(31)27-13-23(32)33)17-5-6-18-24-19(12-21(30)26(17,18)3)25(2)9-8-16(28)10-15(25)11-20(24)29;1-13(4-7-21(28)29)16-5-6-17-22-18(12-20(27)24(16,17)3)23(2)9-8-15(25)10-14(23)11-19(22)26/h14-21,24,28-30H,4-13H2,1-3H3,(H,27,31)(H,32,33);13-20,22,25-27H,4-12H2,1-3H3,(H,28,29)/t14-,15+,16-,17-,18+,19+,20-,21+,24+,25+,26-;13-,14+,15-,16-,17+,18+,19-,20+,22+,23+,24-/m11/s1. The summed E-state index contributed by atoms with van der Waals surface area (Å²) >= 11 is 0. The SMILES string of the molecule is C[C@H](CCC(=O)NCC(=O)O)[C@H]1CC[C@H]2[C@@H]3[C@H](O)C[C@@H]4C[C@H](O)CC[C@]4(C)[C@H]3C[C@H](O)[C@]12C.C[C@H](CCC(=O)O)[C@H]1CC[C@H]2[C@@H]3[C@H](O)C[C@@H]4C[C@H](O)CC[C@]4(C)[C@H]3C[C@H](O)[C@]12C. The Morgan fingerprint density at radius 1 is 0.548 bits per heavy atom. The average molecular weight is 874 g/mol. The van der Waals surface area contributed by atoms with Crippen molar-refractivity contribution in [1.29, 1.82) is 0 Å². The fourth-order valence-corrected chi connectivity index (χ4v) is 17.6. The lowest BCUT2D eigenvalue weighted by molar-refractivity contribution is -0.207. The van der Waals surface area contributed by atoms with Crippen LogP contribution in [-0.4, -0.2) is 102 Å². The normalized spacial score (nSPS) is 50.1. The number of aliphatic hydroxyl groups is 6. The van der Waals surface area contributed by atoms with Crippen LogP contribution in [0.5, 0.6) is 0 Å². The van der Waals surface area contributed by atoms with Gasteiger partial charge in [0.1, 0.15) is 6.54 Å². The molecule has 22 atom stereocenters. The number of rotatable bonds is 10. The molecule has 0 aromatic rings. The van der Waals surface area contributed by atoms with Crippen LogP contribution in [0.4, 0.5) is 0 Å². The minimum Gasteiger partial charge on any atom is -0.481 e. The van der Waals surface area contributed by atoms with Crippen molar-refractivity contribution in [3.05, 3.63) is 0 Å². The third kappa shape index (κ3) is 8.32. The van der Waals surface area contributed by atoms with Gasteiger partial charge in [-0.3, -0.25) is 14.4 Å². The van der Waals surface area contributed by atoms with Gasteiger partial charge in [-0.15, -0.1) is 0 Å². The van der Waals surface area contributed by atoms with Crippen molar-refractivity contribution < 1.29 is 55.2 Å². The number of hydrogen-bond donors (Lipinski definition) is 9. The minimum absolute atomic E-state index is 0.0668. The van der Waals surface area contributed by atoms with Gasteiger partial charge < -0.3 is 46.2 Å². The van der Waals surface area contributed by atoms with Crippen LogP contribution in [0, 0.1) is 92.7 Å². The molecule has 354 valence electrons. The van der Waals surface area contributed by atoms with Crippen LogP contribution in [0.15, 0.2) is 0 Å². The molecule has 0 saturated heterocycles. The Bertz CT molecular complexity index is 1630. The lowest BCUT2D eigenvalue weighted by Gasteiger charge is -2.63. The fraction of sp³-hybridized carbons (Fsp3) is 0.940. The van der Waals surface area contributed by atoms with Crippen molar-refractivity contribution in [3.8, 4) is 0 Å². The van der Waals surface area contributed by atoms with Crippen molar-refractivity contribution in [3.63, 3.8) is 0 Å². The second kappa shape index (κ2) is 18.1. The number of carboxylic acids is 2. The summed E-state index contributed by atoms with van der Waals surface area (Å²) in [4.78, 5) is 33.8. The minimum atomic E-state index is -1.04. The van der Waals surface area contributed by atoms with Crippen LogP contribution in [0.2, 0.25) is 0 Å². The van der Waals surface area contributed by atoms with E-state index in [4.69, 9.17) is 10.2 Å². The fourth-order valence-electron chi connectivity index (χ4n) is 17.6. The van der Waals surface area contributed by atoms with Crippen LogP contribution in [0.3, 0.4) is 0 Å². The predicted molar refractivity (Wildman–Crippen MR) is 233 cm³/mol. The van der Waals surface area contributed by atoms with Gasteiger partial charge in [0.2, 0.25) is 5.91 Å². The molecule has 12 nitrogen and oxygen atoms in total. The van der Waals surface area contributed by atoms with E-state index in [9.17, 15) is 45.0 Å². The average Bonchev–Trinajstić information content (AvgIpc) is 3.76. The van der Waals surface area contributed by atoms with E-state index >= 15 is 0 Å². The maximum Gasteiger partial charge on any atom is 0.322 e. The molecule has 8 aliphatic rings. The number of carboxylic acid groups (broad SMARTS) is 2. The quantitative estimate of drug-likeness (QED) is 0.124. The molecule has 8 fully saturated rings. The number of nitrogens with one attached hydrogen (secondary N) is 1. The number of hydrogen-bond acceptors (Lipinski definition) is 9. The van der Waals surface area contributed by atoms with Gasteiger partial charge in [0.05, 0.1) is 36.6 Å². The molecule has 1 amide bonds. The molecule has 8 saturated carbocycles. The molecule has 0 spiro atoms. The zero-order valence-corrected chi connectivity index (χ0v) is 38.6. The molecule has 8 aliphatic carbocycles. The molecule has 0 radical (unpaired) electrons. The molecule has 0 aromatic heterocycles. The van der Waals surface area contributed by atoms with Crippen LogP contribution in [0.25, 0.3) is 0 Å². The van der Waals surface area contributed by atoms with Gasteiger partial charge in [-0.1, -0.05) is 41.5 Å². The number of carbonyl (C=O) groups excluding carboxylic acids is 1. The van der Waals surface area contributed by atoms with Crippen LogP contribution in [-0.2, 0) is 14.4 Å². The Balaban J connectivity index is 0.000000188. The van der Waals surface area contributed by atoms with E-state index in [1.807, 2.05) is 0 Å². The number of fused-ring (bicyclic) bond motifs is 10. The van der Waals surface area contributed by atoms with Gasteiger partial charge >= 0.3 is 11.9 Å². The summed E-state index contributed by atoms with van der Waals surface area (Å²) in [7, 11) is 0. The van der Waals surface area contributed by atoms with Crippen LogP contribution >= 0.6 is 0 Å². The van der Waals surface area contributed by atoms with Crippen molar-refractivity contribution in [2.45, 2.75) is 194 Å². The van der Waals surface area contributed by atoms with E-state index in [0.717, 1.165) is 83.5 Å². The number of aliphatic hydroxyl groups excluding tert-OH is 6. The van der Waals surface area contributed by atoms with Crippen LogP contribution in [0.1, 0.15) is 157 Å². The van der Waals surface area contributed by atoms with Gasteiger partial charge in [0.15, 0.2) is 0 Å². The maximum atomic E-state index is 12.0. The largest absolute Gasteiger partial charge is 0.481 e. The van der Waals surface area contributed by atoms with E-state index in [0.29, 0.717) is 55.3 Å². The smallest absolute Gasteiger partial charge is 0.322 e. The zero-order valence-electron chi connectivity index (χ0n) is 38.6. The lowest BCUT2D eigenvalue weighted by atomic mass is 9.43. The first-order chi connectivity index (χ1) is 29.1. The van der Waals surface area contributed by atoms with Gasteiger partial charge in [0, 0.05) is 12.8 Å². The molecule has 0 unspecified atom stereocenters. The molecule has 12 heteroatoms. The summed E-state index contributed by atoms with van der Waals surface area (Å²) in [5, 5.41) is 86.4. The third-order valence-electron chi connectivity index (χ3n) is 21.1. The number of aliphatic carboxylic acids is 2. The molecule has 0 heterocycles. The van der Waals surface area contributed by atoms with E-state index in [-0.39, 0.29) is 106 Å². The summed E-state index contributed by atoms with van der Waals surface area (Å²) in [6, 6.07) is 0. The number of amides is 1. The monoisotopic (exact) mass is 874 g/mol. The Morgan fingerprint density at radius 3 is 1.37 bits per heavy atom. The summed E-state index contributed by atoms with van der Waals surface area (Å²) in [5.74, 6) is 1.26. The van der Waals surface area contributed by atoms with E-state index < -0.39 is 24.1 Å². The zero-order chi connectivity index (χ0) is 45.3. The summed E-state index contributed by atoms with van der Waals surface area (Å²) in [5.41, 5.74) is -0.357. The second-order valence-electron chi connectivity index (χ2n) is 23.6. The van der Waals surface area contributed by atoms with Gasteiger partial charge in [-0.2, -0.15) is 0 Å². The molecule has 62 heavy (non-hydrogen) atoms. The first kappa shape index (κ1) is 48.1. The van der Waals surface area contributed by atoms with Crippen LogP contribution < -0.4 is 5.32 Å². The van der Waals surface area contributed by atoms with Crippen molar-refractivity contribution >= 4 is 17.8 Å². The predicted octanol–water partition coefficient (Wildman–Crippen LogP) is 6.01. The van der Waals surface area contributed by atoms with E-state index in [2.05, 4.69) is 46.9 Å². The molecule has 0 bridgehead atoms. The Kier molecular flexibility index (Phi) is 14.0. The first-order valence-electron chi connectivity index (χ1n) is 24.9. The van der Waals surface area contributed by atoms with E-state index in [1.165, 1.54) is 0 Å². The highest BCUT2D eigenvalue weighted by Gasteiger charge is 2.67. The lowest BCUT2D eigenvalue weighted by Crippen LogP contribution is -2.62. The summed E-state index contributed by atoms with van der Waals surface area (Å²) < 4.78 is 0. The molecular weight excluding hydrogens is 791 g/mol. The van der Waals surface area contributed by atoms with Gasteiger partial charge in [-0.25, -0.2) is 0 Å².